The van der Waals surface area contributed by atoms with Crippen LogP contribution < -0.4 is 5.32 Å². The number of hydrogen-bond acceptors (Lipinski definition) is 5. The third-order valence-electron chi connectivity index (χ3n) is 2.60. The standard InChI is InChI=1S/C10H19NO2.C8H6BrNO2/c1-8(2)9(12)13-7-6-11-10(3,4)5;9-8(10(11)12)6-7-4-2-1-3-5-7/h11H,1,6-7H2,2-5H3;1-6H/b;8-6+. The Labute approximate surface area is 157 Å². The van der Waals surface area contributed by atoms with Crippen molar-refractivity contribution in [2.24, 2.45) is 0 Å². The van der Waals surface area contributed by atoms with E-state index < -0.39 is 4.92 Å². The molecule has 0 aliphatic heterocycles. The van der Waals surface area contributed by atoms with Gasteiger partial charge in [0.25, 0.3) is 0 Å². The number of halogens is 1. The lowest BCUT2D eigenvalue weighted by atomic mass is 10.1. The number of nitrogens with one attached hydrogen (secondary N) is 1. The molecule has 6 nitrogen and oxygen atoms in total. The lowest BCUT2D eigenvalue weighted by molar-refractivity contribution is -0.407. The van der Waals surface area contributed by atoms with E-state index in [-0.39, 0.29) is 16.1 Å². The highest BCUT2D eigenvalue weighted by molar-refractivity contribution is 9.11. The first-order chi connectivity index (χ1) is 11.5. The van der Waals surface area contributed by atoms with Gasteiger partial charge in [0, 0.05) is 39.7 Å². The summed E-state index contributed by atoms with van der Waals surface area (Å²) >= 11 is 2.84. The van der Waals surface area contributed by atoms with Gasteiger partial charge in [-0.3, -0.25) is 10.1 Å². The molecule has 0 aliphatic rings. The Hall–Kier alpha value is -1.99. The number of benzene rings is 1. The second-order valence-electron chi connectivity index (χ2n) is 6.23. The van der Waals surface area contributed by atoms with E-state index in [4.69, 9.17) is 4.74 Å². The number of nitrogens with zero attached hydrogens (tertiary/aromatic N) is 1. The van der Waals surface area contributed by atoms with Crippen LogP contribution in [0.5, 0.6) is 0 Å². The summed E-state index contributed by atoms with van der Waals surface area (Å²) in [5, 5.41) is 13.4. The molecule has 0 fully saturated rings. The van der Waals surface area contributed by atoms with E-state index in [2.05, 4.69) is 48.6 Å². The van der Waals surface area contributed by atoms with Crippen LogP contribution >= 0.6 is 15.9 Å². The topological polar surface area (TPSA) is 81.5 Å². The highest BCUT2D eigenvalue weighted by Crippen LogP contribution is 2.11. The van der Waals surface area contributed by atoms with Gasteiger partial charge in [0.2, 0.25) is 0 Å². The molecule has 0 radical (unpaired) electrons. The van der Waals surface area contributed by atoms with E-state index in [9.17, 15) is 14.9 Å². The average Bonchev–Trinajstić information content (AvgIpc) is 2.51. The van der Waals surface area contributed by atoms with E-state index in [1.807, 2.05) is 18.2 Å². The van der Waals surface area contributed by atoms with Gasteiger partial charge in [-0.25, -0.2) is 4.79 Å². The Balaban J connectivity index is 0.000000462. The molecule has 0 aliphatic carbocycles. The molecule has 0 atom stereocenters. The van der Waals surface area contributed by atoms with Crippen LogP contribution in [0.4, 0.5) is 0 Å². The maximum atomic E-state index is 10.9. The first-order valence-electron chi connectivity index (χ1n) is 7.67. The molecule has 138 valence electrons. The molecule has 0 heterocycles. The Morgan fingerprint density at radius 1 is 1.36 bits per heavy atom. The molecule has 1 rings (SSSR count). The van der Waals surface area contributed by atoms with Gasteiger partial charge in [-0.2, -0.15) is 0 Å². The first kappa shape index (κ1) is 23.0. The van der Waals surface area contributed by atoms with Crippen molar-refractivity contribution in [1.29, 1.82) is 0 Å². The van der Waals surface area contributed by atoms with Crippen molar-refractivity contribution < 1.29 is 14.5 Å². The van der Waals surface area contributed by atoms with Gasteiger partial charge in [0.15, 0.2) is 0 Å². The zero-order valence-corrected chi connectivity index (χ0v) is 16.6. The number of esters is 1. The second kappa shape index (κ2) is 11.5. The number of hydrogen-bond donors (Lipinski definition) is 1. The van der Waals surface area contributed by atoms with Crippen LogP contribution in [0.15, 0.2) is 47.1 Å². The third kappa shape index (κ3) is 13.0. The molecule has 0 saturated carbocycles. The van der Waals surface area contributed by atoms with Gasteiger partial charge in [-0.05, 0) is 33.3 Å². The maximum absolute atomic E-state index is 10.9. The summed E-state index contributed by atoms with van der Waals surface area (Å²) in [4.78, 5) is 20.6. The van der Waals surface area contributed by atoms with Crippen molar-refractivity contribution in [2.75, 3.05) is 13.2 Å². The van der Waals surface area contributed by atoms with Crippen LogP contribution in [0.1, 0.15) is 33.3 Å². The van der Waals surface area contributed by atoms with Crippen molar-refractivity contribution in [3.05, 3.63) is 62.8 Å². The van der Waals surface area contributed by atoms with Crippen LogP contribution in [0.25, 0.3) is 6.08 Å². The summed E-state index contributed by atoms with van der Waals surface area (Å²) in [5.74, 6) is -0.323. The summed E-state index contributed by atoms with van der Waals surface area (Å²) in [5.41, 5.74) is 1.31. The van der Waals surface area contributed by atoms with Crippen molar-refractivity contribution in [2.45, 2.75) is 33.2 Å². The predicted octanol–water partition coefficient (Wildman–Crippen LogP) is 4.15. The minimum absolute atomic E-state index is 0.0336. The zero-order chi connectivity index (χ0) is 19.5. The van der Waals surface area contributed by atoms with Crippen molar-refractivity contribution >= 4 is 28.0 Å². The van der Waals surface area contributed by atoms with Crippen molar-refractivity contribution in [3.63, 3.8) is 0 Å². The second-order valence-corrected chi connectivity index (χ2v) is 7.04. The fourth-order valence-electron chi connectivity index (χ4n) is 1.43. The molecule has 1 aromatic carbocycles. The number of rotatable bonds is 6. The SMILES string of the molecule is C=C(C)C(=O)OCCNC(C)(C)C.O=[N+]([O-])/C(Br)=C/c1ccccc1. The normalized spacial score (nSPS) is 11.2. The van der Waals surface area contributed by atoms with E-state index in [1.54, 1.807) is 19.1 Å². The predicted molar refractivity (Wildman–Crippen MR) is 104 cm³/mol. The van der Waals surface area contributed by atoms with Gasteiger partial charge >= 0.3 is 10.6 Å². The summed E-state index contributed by atoms with van der Waals surface area (Å²) in [6.07, 6.45) is 1.46. The van der Waals surface area contributed by atoms with Gasteiger partial charge in [-0.15, -0.1) is 0 Å². The summed E-state index contributed by atoms with van der Waals surface area (Å²) in [6.45, 7) is 12.4. The number of nitro groups is 1. The molecule has 0 spiro atoms. The Bertz CT molecular complexity index is 607. The number of carbonyl (C=O) groups excluding carboxylic acids is 1. The maximum Gasteiger partial charge on any atom is 0.333 e. The monoisotopic (exact) mass is 412 g/mol. The molecule has 1 aromatic rings. The molecular formula is C18H25BrN2O4. The Morgan fingerprint density at radius 2 is 1.92 bits per heavy atom. The summed E-state index contributed by atoms with van der Waals surface area (Å²) < 4.78 is 4.86. The minimum Gasteiger partial charge on any atom is -0.461 e. The van der Waals surface area contributed by atoms with Crippen LogP contribution in [-0.2, 0) is 9.53 Å². The fourth-order valence-corrected chi connectivity index (χ4v) is 1.70. The molecular weight excluding hydrogens is 388 g/mol. The lowest BCUT2D eigenvalue weighted by Crippen LogP contribution is -2.38. The average molecular weight is 413 g/mol. The van der Waals surface area contributed by atoms with Gasteiger partial charge in [0.05, 0.1) is 4.92 Å². The van der Waals surface area contributed by atoms with E-state index >= 15 is 0 Å². The van der Waals surface area contributed by atoms with Crippen molar-refractivity contribution in [1.82, 2.24) is 5.32 Å². The largest absolute Gasteiger partial charge is 0.461 e. The fraction of sp³-hybridized carbons (Fsp3) is 0.389. The summed E-state index contributed by atoms with van der Waals surface area (Å²) in [7, 11) is 0. The number of ether oxygens (including phenoxy) is 1. The Kier molecular flexibility index (Phi) is 10.6. The molecule has 1 N–H and O–H groups in total. The third-order valence-corrected chi connectivity index (χ3v) is 3.12. The van der Waals surface area contributed by atoms with Crippen LogP contribution in [-0.4, -0.2) is 29.6 Å². The van der Waals surface area contributed by atoms with Crippen LogP contribution in [0, 0.1) is 10.1 Å². The van der Waals surface area contributed by atoms with Gasteiger partial charge in [-0.1, -0.05) is 36.9 Å². The van der Waals surface area contributed by atoms with Gasteiger partial charge < -0.3 is 10.1 Å². The molecule has 0 unspecified atom stereocenters. The molecule has 0 bridgehead atoms. The molecule has 7 heteroatoms. The van der Waals surface area contributed by atoms with Crippen LogP contribution in [0.3, 0.4) is 0 Å². The zero-order valence-electron chi connectivity index (χ0n) is 15.0. The first-order valence-corrected chi connectivity index (χ1v) is 8.46. The smallest absolute Gasteiger partial charge is 0.333 e. The molecule has 0 amide bonds. The molecule has 0 aromatic heterocycles. The minimum atomic E-state index is -0.479. The van der Waals surface area contributed by atoms with Crippen molar-refractivity contribution in [3.8, 4) is 0 Å². The van der Waals surface area contributed by atoms with Crippen LogP contribution in [0.2, 0.25) is 0 Å². The van der Waals surface area contributed by atoms with E-state index in [0.717, 1.165) is 5.56 Å². The lowest BCUT2D eigenvalue weighted by Gasteiger charge is -2.20. The molecule has 25 heavy (non-hydrogen) atoms. The van der Waals surface area contributed by atoms with Gasteiger partial charge in [0.1, 0.15) is 6.61 Å². The highest BCUT2D eigenvalue weighted by atomic mass is 79.9. The number of carbonyl (C=O) groups is 1. The highest BCUT2D eigenvalue weighted by Gasteiger charge is 2.08. The molecule has 0 saturated heterocycles. The Morgan fingerprint density at radius 3 is 2.36 bits per heavy atom. The summed E-state index contributed by atoms with van der Waals surface area (Å²) in [6, 6.07) is 9.10. The van der Waals surface area contributed by atoms with E-state index in [1.165, 1.54) is 6.08 Å². The van der Waals surface area contributed by atoms with E-state index in [0.29, 0.717) is 18.7 Å². The quantitative estimate of drug-likeness (QED) is 0.189.